The number of anilines is 3. The van der Waals surface area contributed by atoms with Crippen LogP contribution in [0.1, 0.15) is 52.4 Å². The molecule has 184 valence electrons. The lowest BCUT2D eigenvalue weighted by molar-refractivity contribution is 0.410. The van der Waals surface area contributed by atoms with Crippen molar-refractivity contribution in [3.05, 3.63) is 30.6 Å². The van der Waals surface area contributed by atoms with E-state index in [0.29, 0.717) is 29.5 Å². The second kappa shape index (κ2) is 10.7. The number of hydrogen-bond donors (Lipinski definition) is 4. The molecule has 0 unspecified atom stereocenters. The number of aromatic nitrogens is 4. The maximum atomic E-state index is 12.5. The summed E-state index contributed by atoms with van der Waals surface area (Å²) in [6.07, 6.45) is 7.43. The summed E-state index contributed by atoms with van der Waals surface area (Å²) in [5.41, 5.74) is 8.17. The van der Waals surface area contributed by atoms with E-state index < -0.39 is 10.0 Å². The molecule has 0 saturated heterocycles. The molecule has 10 nitrogen and oxygen atoms in total. The summed E-state index contributed by atoms with van der Waals surface area (Å²) < 4.78 is 29.5. The minimum Gasteiger partial charge on any atom is -0.351 e. The summed E-state index contributed by atoms with van der Waals surface area (Å²) in [5.74, 6) is 1.12. The van der Waals surface area contributed by atoms with Gasteiger partial charge in [0, 0.05) is 30.9 Å². The van der Waals surface area contributed by atoms with Crippen LogP contribution in [-0.2, 0) is 16.6 Å². The third-order valence-corrected chi connectivity index (χ3v) is 7.64. The van der Waals surface area contributed by atoms with Crippen molar-refractivity contribution in [1.29, 1.82) is 0 Å². The number of nitrogens with zero attached hydrogens (tertiary/aromatic N) is 4. The van der Waals surface area contributed by atoms with Crippen LogP contribution >= 0.6 is 0 Å². The zero-order chi connectivity index (χ0) is 24.1. The first kappa shape index (κ1) is 24.4. The third-order valence-electron chi connectivity index (χ3n) is 6.16. The highest BCUT2D eigenvalue weighted by Gasteiger charge is 2.21. The highest BCUT2D eigenvalue weighted by Crippen LogP contribution is 2.27. The summed E-state index contributed by atoms with van der Waals surface area (Å²) in [6, 6.07) is 7.19. The molecule has 1 saturated carbocycles. The van der Waals surface area contributed by atoms with Crippen molar-refractivity contribution in [2.75, 3.05) is 17.2 Å². The number of unbranched alkanes of at least 4 members (excludes halogenated alkanes) is 1. The molecule has 0 atom stereocenters. The molecule has 0 aliphatic heterocycles. The topological polar surface area (TPSA) is 140 Å². The number of rotatable bonds is 10. The second-order valence-corrected chi connectivity index (χ2v) is 10.5. The monoisotopic (exact) mass is 486 g/mol. The molecule has 3 aromatic rings. The van der Waals surface area contributed by atoms with Gasteiger partial charge in [0.1, 0.15) is 0 Å². The molecule has 11 heteroatoms. The van der Waals surface area contributed by atoms with Crippen LogP contribution in [0.5, 0.6) is 0 Å². The van der Waals surface area contributed by atoms with Gasteiger partial charge in [-0.15, -0.1) is 0 Å². The Morgan fingerprint density at radius 2 is 1.82 bits per heavy atom. The summed E-state index contributed by atoms with van der Waals surface area (Å²) in [4.78, 5) is 14.2. The Labute approximate surface area is 200 Å². The van der Waals surface area contributed by atoms with Gasteiger partial charge < -0.3 is 20.9 Å². The van der Waals surface area contributed by atoms with E-state index in [0.717, 1.165) is 50.7 Å². The van der Waals surface area contributed by atoms with E-state index in [1.54, 1.807) is 30.6 Å². The molecule has 0 amide bonds. The Balaban J connectivity index is 1.56. The number of benzene rings is 1. The van der Waals surface area contributed by atoms with E-state index in [9.17, 15) is 8.42 Å². The van der Waals surface area contributed by atoms with Crippen LogP contribution in [0.15, 0.2) is 35.5 Å². The normalized spacial score (nSPS) is 18.8. The Morgan fingerprint density at radius 3 is 2.50 bits per heavy atom. The predicted molar refractivity (Wildman–Crippen MR) is 135 cm³/mol. The van der Waals surface area contributed by atoms with Gasteiger partial charge in [-0.2, -0.15) is 9.97 Å². The fourth-order valence-electron chi connectivity index (χ4n) is 4.09. The first-order valence-electron chi connectivity index (χ1n) is 12.0. The molecule has 5 N–H and O–H groups in total. The first-order chi connectivity index (χ1) is 16.4. The summed E-state index contributed by atoms with van der Waals surface area (Å²) in [7, 11) is -3.52. The van der Waals surface area contributed by atoms with Crippen LogP contribution in [-0.4, -0.2) is 46.6 Å². The summed E-state index contributed by atoms with van der Waals surface area (Å²) in [5, 5.41) is 6.77. The number of nitrogens with two attached hydrogens (primary N) is 1. The van der Waals surface area contributed by atoms with Gasteiger partial charge in [-0.05, 0) is 63.3 Å². The van der Waals surface area contributed by atoms with Crippen LogP contribution in [0, 0.1) is 0 Å². The molecule has 4 rings (SSSR count). The largest absolute Gasteiger partial charge is 0.351 e. The average molecular weight is 487 g/mol. The summed E-state index contributed by atoms with van der Waals surface area (Å²) >= 11 is 0. The first-order valence-corrected chi connectivity index (χ1v) is 13.5. The van der Waals surface area contributed by atoms with Gasteiger partial charge in [-0.25, -0.2) is 18.1 Å². The van der Waals surface area contributed by atoms with Gasteiger partial charge in [0.2, 0.25) is 16.0 Å². The van der Waals surface area contributed by atoms with Gasteiger partial charge >= 0.3 is 0 Å². The van der Waals surface area contributed by atoms with E-state index in [4.69, 9.17) is 15.7 Å². The number of aryl methyl sites for hydroxylation is 1. The average Bonchev–Trinajstić information content (AvgIpc) is 3.24. The maximum absolute atomic E-state index is 12.5. The molecule has 1 aliphatic rings. The van der Waals surface area contributed by atoms with Crippen LogP contribution in [0.4, 0.5) is 17.5 Å². The molecule has 34 heavy (non-hydrogen) atoms. The van der Waals surface area contributed by atoms with Gasteiger partial charge in [-0.1, -0.05) is 13.3 Å². The van der Waals surface area contributed by atoms with Crippen LogP contribution < -0.4 is 21.1 Å². The van der Waals surface area contributed by atoms with Crippen LogP contribution in [0.3, 0.4) is 0 Å². The van der Waals surface area contributed by atoms with Crippen LogP contribution in [0.25, 0.3) is 11.2 Å². The summed E-state index contributed by atoms with van der Waals surface area (Å²) in [6.45, 7) is 5.23. The van der Waals surface area contributed by atoms with Crippen molar-refractivity contribution in [2.24, 2.45) is 5.73 Å². The van der Waals surface area contributed by atoms with E-state index in [2.05, 4.69) is 20.3 Å². The molecule has 2 aromatic heterocycles. The molecule has 2 heterocycles. The predicted octanol–water partition coefficient (Wildman–Crippen LogP) is 3.35. The number of imidazole rings is 1. The fraction of sp³-hybridized carbons (Fsp3) is 0.522. The van der Waals surface area contributed by atoms with Gasteiger partial charge in [-0.3, -0.25) is 0 Å². The Bertz CT molecular complexity index is 1200. The molecular weight excluding hydrogens is 452 g/mol. The Kier molecular flexibility index (Phi) is 7.64. The molecule has 0 bridgehead atoms. The molecule has 1 aromatic carbocycles. The van der Waals surface area contributed by atoms with Crippen molar-refractivity contribution >= 4 is 38.6 Å². The van der Waals surface area contributed by atoms with E-state index in [1.807, 2.05) is 18.4 Å². The zero-order valence-electron chi connectivity index (χ0n) is 19.8. The van der Waals surface area contributed by atoms with Gasteiger partial charge in [0.05, 0.1) is 11.2 Å². The standard InChI is InChI=1S/C23H34N8O2S/c1-3-5-14-26-34(32,33)19-12-10-17(11-13-19)27-21-20-22(31(4-2)15-25-20)30-23(29-21)28-18-8-6-16(24)7-9-18/h10-13,15-16,18,26H,3-9,14,24H2,1-2H3,(H2,27,28,29,30)/t16-,18-. The van der Waals surface area contributed by atoms with Crippen molar-refractivity contribution < 1.29 is 8.42 Å². The third kappa shape index (κ3) is 5.65. The van der Waals surface area contributed by atoms with Crippen LogP contribution in [0.2, 0.25) is 0 Å². The van der Waals surface area contributed by atoms with Gasteiger partial charge in [0.15, 0.2) is 17.0 Å². The quantitative estimate of drug-likeness (QED) is 0.320. The lowest BCUT2D eigenvalue weighted by atomic mass is 9.92. The van der Waals surface area contributed by atoms with Crippen molar-refractivity contribution in [3.8, 4) is 0 Å². The van der Waals surface area contributed by atoms with E-state index in [-0.39, 0.29) is 17.0 Å². The molecule has 0 spiro atoms. The number of nitrogens with one attached hydrogen (secondary N) is 3. The molecular formula is C23H34N8O2S. The second-order valence-electron chi connectivity index (χ2n) is 8.76. The minimum absolute atomic E-state index is 0.232. The fourth-order valence-corrected chi connectivity index (χ4v) is 5.17. The Hall–Kier alpha value is -2.76. The number of hydrogen-bond acceptors (Lipinski definition) is 8. The maximum Gasteiger partial charge on any atom is 0.240 e. The Morgan fingerprint density at radius 1 is 1.09 bits per heavy atom. The molecule has 0 radical (unpaired) electrons. The minimum atomic E-state index is -3.52. The lowest BCUT2D eigenvalue weighted by Crippen LogP contribution is -2.33. The van der Waals surface area contributed by atoms with E-state index in [1.165, 1.54) is 0 Å². The number of fused-ring (bicyclic) bond motifs is 1. The molecule has 1 fully saturated rings. The van der Waals surface area contributed by atoms with Gasteiger partial charge in [0.25, 0.3) is 0 Å². The lowest BCUT2D eigenvalue weighted by Gasteiger charge is -2.26. The van der Waals surface area contributed by atoms with Crippen molar-refractivity contribution in [3.63, 3.8) is 0 Å². The van der Waals surface area contributed by atoms with Crippen molar-refractivity contribution in [2.45, 2.75) is 75.9 Å². The molecule has 1 aliphatic carbocycles. The SMILES string of the molecule is CCCCNS(=O)(=O)c1ccc(Nc2nc(N[C@H]3CC[C@H](N)CC3)nc3c2ncn3CC)cc1. The zero-order valence-corrected chi connectivity index (χ0v) is 20.6. The highest BCUT2D eigenvalue weighted by molar-refractivity contribution is 7.89. The van der Waals surface area contributed by atoms with Crippen molar-refractivity contribution in [1.82, 2.24) is 24.2 Å². The van der Waals surface area contributed by atoms with E-state index >= 15 is 0 Å². The smallest absolute Gasteiger partial charge is 0.240 e. The number of sulfonamides is 1. The highest BCUT2D eigenvalue weighted by atomic mass is 32.2.